The Kier molecular flexibility index (Phi) is 5.94. The molecule has 1 aliphatic rings. The van der Waals surface area contributed by atoms with Crippen molar-refractivity contribution in [2.24, 2.45) is 11.7 Å². The largest absolute Gasteiger partial charge is 0.481 e. The van der Waals surface area contributed by atoms with Gasteiger partial charge in [0.1, 0.15) is 0 Å². The number of aliphatic carboxylic acids is 1. The zero-order chi connectivity index (χ0) is 15.3. The van der Waals surface area contributed by atoms with Crippen LogP contribution in [0.15, 0.2) is 0 Å². The molecule has 1 saturated heterocycles. The van der Waals surface area contributed by atoms with Crippen LogP contribution in [0.5, 0.6) is 0 Å². The van der Waals surface area contributed by atoms with Crippen LogP contribution >= 0.6 is 0 Å². The fourth-order valence-corrected chi connectivity index (χ4v) is 2.26. The number of rotatable bonds is 6. The summed E-state index contributed by atoms with van der Waals surface area (Å²) in [4.78, 5) is 35.9. The third kappa shape index (κ3) is 4.48. The van der Waals surface area contributed by atoms with Crippen molar-refractivity contribution in [3.05, 3.63) is 0 Å². The van der Waals surface area contributed by atoms with Gasteiger partial charge in [0.2, 0.25) is 11.8 Å². The first-order valence-corrected chi connectivity index (χ1v) is 6.87. The predicted molar refractivity (Wildman–Crippen MR) is 72.8 cm³/mol. The van der Waals surface area contributed by atoms with Gasteiger partial charge in [0.15, 0.2) is 0 Å². The van der Waals surface area contributed by atoms with Gasteiger partial charge in [0.05, 0.1) is 19.0 Å². The van der Waals surface area contributed by atoms with Crippen LogP contribution < -0.4 is 11.1 Å². The van der Waals surface area contributed by atoms with E-state index in [1.54, 1.807) is 0 Å². The minimum atomic E-state index is -0.916. The first kappa shape index (κ1) is 16.4. The number of amides is 2. The lowest BCUT2D eigenvalue weighted by atomic mass is 10.1. The first-order valence-electron chi connectivity index (χ1n) is 6.87. The molecular formula is C13H23N3O4. The monoisotopic (exact) mass is 285 g/mol. The van der Waals surface area contributed by atoms with Gasteiger partial charge in [-0.3, -0.25) is 14.4 Å². The van der Waals surface area contributed by atoms with E-state index in [1.165, 1.54) is 4.90 Å². The number of nitrogens with zero attached hydrogens (tertiary/aromatic N) is 1. The molecule has 0 aromatic rings. The van der Waals surface area contributed by atoms with Gasteiger partial charge in [-0.15, -0.1) is 0 Å². The van der Waals surface area contributed by atoms with Crippen LogP contribution in [0.1, 0.15) is 33.1 Å². The number of carbonyl (C=O) groups is 3. The van der Waals surface area contributed by atoms with Crippen LogP contribution in [0.3, 0.4) is 0 Å². The van der Waals surface area contributed by atoms with E-state index in [4.69, 9.17) is 10.8 Å². The van der Waals surface area contributed by atoms with Gasteiger partial charge in [-0.1, -0.05) is 13.8 Å². The lowest BCUT2D eigenvalue weighted by molar-refractivity contribution is -0.140. The zero-order valence-corrected chi connectivity index (χ0v) is 12.0. The molecular weight excluding hydrogens is 262 g/mol. The number of carboxylic acids is 1. The molecule has 20 heavy (non-hydrogen) atoms. The summed E-state index contributed by atoms with van der Waals surface area (Å²) < 4.78 is 0. The molecule has 4 N–H and O–H groups in total. The molecule has 1 unspecified atom stereocenters. The molecule has 7 nitrogen and oxygen atoms in total. The van der Waals surface area contributed by atoms with E-state index >= 15 is 0 Å². The number of likely N-dealkylation sites (tertiary alicyclic amines) is 1. The quantitative estimate of drug-likeness (QED) is 0.612. The van der Waals surface area contributed by atoms with Crippen molar-refractivity contribution in [2.45, 2.75) is 45.2 Å². The Labute approximate surface area is 118 Å². The van der Waals surface area contributed by atoms with Crippen LogP contribution in [-0.4, -0.2) is 53.0 Å². The van der Waals surface area contributed by atoms with Gasteiger partial charge in [-0.05, 0) is 18.8 Å². The van der Waals surface area contributed by atoms with E-state index in [0.29, 0.717) is 13.0 Å². The molecule has 0 saturated carbocycles. The lowest BCUT2D eigenvalue weighted by Crippen LogP contribution is -2.48. The Hall–Kier alpha value is -1.63. The van der Waals surface area contributed by atoms with Crippen LogP contribution in [-0.2, 0) is 14.4 Å². The molecule has 1 rings (SSSR count). The molecule has 1 fully saturated rings. The van der Waals surface area contributed by atoms with Crippen molar-refractivity contribution >= 4 is 17.8 Å². The molecule has 0 aromatic carbocycles. The maximum Gasteiger partial charge on any atom is 0.305 e. The van der Waals surface area contributed by atoms with Crippen molar-refractivity contribution in [3.63, 3.8) is 0 Å². The Morgan fingerprint density at radius 3 is 2.60 bits per heavy atom. The van der Waals surface area contributed by atoms with E-state index in [-0.39, 0.29) is 36.7 Å². The van der Waals surface area contributed by atoms with E-state index in [9.17, 15) is 14.4 Å². The zero-order valence-electron chi connectivity index (χ0n) is 12.0. The molecule has 1 heterocycles. The normalized spacial score (nSPS) is 20.0. The maximum atomic E-state index is 12.0. The van der Waals surface area contributed by atoms with Gasteiger partial charge in [0.25, 0.3) is 0 Å². The maximum absolute atomic E-state index is 12.0. The molecule has 0 aliphatic carbocycles. The summed E-state index contributed by atoms with van der Waals surface area (Å²) in [6.45, 7) is 4.07. The molecule has 0 bridgehead atoms. The molecule has 2 amide bonds. The number of carbonyl (C=O) groups excluding carboxylic acids is 2. The Bertz CT molecular complexity index is 384. The second-order valence-electron chi connectivity index (χ2n) is 5.47. The fraction of sp³-hybridized carbons (Fsp3) is 0.769. The SMILES string of the molecule is CC(C)[C@H](N)C(=O)NCC(=O)N1CCCC1CC(=O)O. The minimum absolute atomic E-state index is 0.00310. The van der Waals surface area contributed by atoms with E-state index in [2.05, 4.69) is 5.32 Å². The highest BCUT2D eigenvalue weighted by Crippen LogP contribution is 2.19. The summed E-state index contributed by atoms with van der Waals surface area (Å²) >= 11 is 0. The lowest BCUT2D eigenvalue weighted by Gasteiger charge is -2.24. The second kappa shape index (κ2) is 7.23. The van der Waals surface area contributed by atoms with Gasteiger partial charge in [-0.25, -0.2) is 0 Å². The van der Waals surface area contributed by atoms with Gasteiger partial charge >= 0.3 is 5.97 Å². The number of hydrogen-bond donors (Lipinski definition) is 3. The van der Waals surface area contributed by atoms with Crippen LogP contribution in [0, 0.1) is 5.92 Å². The number of nitrogens with one attached hydrogen (secondary N) is 1. The average molecular weight is 285 g/mol. The summed E-state index contributed by atoms with van der Waals surface area (Å²) in [5.41, 5.74) is 5.68. The van der Waals surface area contributed by atoms with Crippen molar-refractivity contribution < 1.29 is 19.5 Å². The Morgan fingerprint density at radius 1 is 1.40 bits per heavy atom. The Morgan fingerprint density at radius 2 is 2.05 bits per heavy atom. The molecule has 0 spiro atoms. The molecule has 0 aromatic heterocycles. The van der Waals surface area contributed by atoms with Crippen molar-refractivity contribution in [2.75, 3.05) is 13.1 Å². The van der Waals surface area contributed by atoms with E-state index in [1.807, 2.05) is 13.8 Å². The summed E-state index contributed by atoms with van der Waals surface area (Å²) in [5, 5.41) is 11.3. The first-order chi connectivity index (χ1) is 9.32. The van der Waals surface area contributed by atoms with Crippen molar-refractivity contribution in [3.8, 4) is 0 Å². The van der Waals surface area contributed by atoms with Crippen LogP contribution in [0.2, 0.25) is 0 Å². The summed E-state index contributed by atoms with van der Waals surface area (Å²) in [7, 11) is 0. The van der Waals surface area contributed by atoms with Crippen LogP contribution in [0.4, 0.5) is 0 Å². The molecule has 2 atom stereocenters. The smallest absolute Gasteiger partial charge is 0.305 e. The topological polar surface area (TPSA) is 113 Å². The van der Waals surface area contributed by atoms with Gasteiger partial charge in [0, 0.05) is 12.6 Å². The third-order valence-electron chi connectivity index (χ3n) is 3.54. The fourth-order valence-electron chi connectivity index (χ4n) is 2.26. The van der Waals surface area contributed by atoms with Crippen molar-refractivity contribution in [1.29, 1.82) is 0 Å². The summed E-state index contributed by atoms with van der Waals surface area (Å²) in [6, 6.07) is -0.910. The average Bonchev–Trinajstić information content (AvgIpc) is 2.81. The highest BCUT2D eigenvalue weighted by atomic mass is 16.4. The highest BCUT2D eigenvalue weighted by Gasteiger charge is 2.30. The standard InChI is InChI=1S/C13H23N3O4/c1-8(2)12(14)13(20)15-7-10(17)16-5-3-4-9(16)6-11(18)19/h8-9,12H,3-7,14H2,1-2H3,(H,15,20)(H,18,19)/t9?,12-/m0/s1. The summed E-state index contributed by atoms with van der Waals surface area (Å²) in [5.74, 6) is -1.53. The molecule has 0 radical (unpaired) electrons. The third-order valence-corrected chi connectivity index (χ3v) is 3.54. The van der Waals surface area contributed by atoms with E-state index in [0.717, 1.165) is 6.42 Å². The van der Waals surface area contributed by atoms with Crippen LogP contribution in [0.25, 0.3) is 0 Å². The van der Waals surface area contributed by atoms with Gasteiger partial charge in [-0.2, -0.15) is 0 Å². The molecule has 7 heteroatoms. The highest BCUT2D eigenvalue weighted by molar-refractivity contribution is 5.87. The number of carboxylic acid groups (broad SMARTS) is 1. The number of hydrogen-bond acceptors (Lipinski definition) is 4. The second-order valence-corrected chi connectivity index (χ2v) is 5.47. The van der Waals surface area contributed by atoms with E-state index < -0.39 is 12.0 Å². The predicted octanol–water partition coefficient (Wildman–Crippen LogP) is -0.448. The van der Waals surface area contributed by atoms with Crippen molar-refractivity contribution in [1.82, 2.24) is 10.2 Å². The number of nitrogens with two attached hydrogens (primary N) is 1. The van der Waals surface area contributed by atoms with Gasteiger partial charge < -0.3 is 21.1 Å². The molecule has 114 valence electrons. The minimum Gasteiger partial charge on any atom is -0.481 e. The summed E-state index contributed by atoms with van der Waals surface area (Å²) in [6.07, 6.45) is 1.44. The Balaban J connectivity index is 2.46. The molecule has 1 aliphatic heterocycles.